The molecular weight excluding hydrogens is 398 g/mol. The molecule has 2 rings (SSSR count). The molecule has 5 nitrogen and oxygen atoms in total. The van der Waals surface area contributed by atoms with Gasteiger partial charge in [-0.3, -0.25) is 9.10 Å². The number of benzene rings is 2. The van der Waals surface area contributed by atoms with Crippen LogP contribution in [0.2, 0.25) is 0 Å². The summed E-state index contributed by atoms with van der Waals surface area (Å²) in [6.07, 6.45) is 1.98. The van der Waals surface area contributed by atoms with E-state index in [1.54, 1.807) is 0 Å². The zero-order chi connectivity index (χ0) is 21.7. The Labute approximate surface area is 170 Å². The van der Waals surface area contributed by atoms with Gasteiger partial charge in [0.2, 0.25) is 15.9 Å². The lowest BCUT2D eigenvalue weighted by Crippen LogP contribution is -2.45. The van der Waals surface area contributed by atoms with E-state index in [1.807, 2.05) is 44.2 Å². The number of amides is 1. The molecule has 2 aromatic rings. The molecule has 0 aliphatic rings. The number of hydrogen-bond acceptors (Lipinski definition) is 3. The third-order valence-electron chi connectivity index (χ3n) is 4.32. The van der Waals surface area contributed by atoms with E-state index in [1.165, 1.54) is 6.07 Å². The van der Waals surface area contributed by atoms with Crippen molar-refractivity contribution in [2.24, 2.45) is 0 Å². The van der Waals surface area contributed by atoms with Crippen LogP contribution in [0, 0.1) is 11.6 Å². The summed E-state index contributed by atoms with van der Waals surface area (Å²) in [7, 11) is -3.71. The van der Waals surface area contributed by atoms with Crippen LogP contribution in [0.5, 0.6) is 0 Å². The van der Waals surface area contributed by atoms with Crippen LogP contribution in [0.15, 0.2) is 48.5 Å². The normalized spacial score (nSPS) is 11.9. The number of nitrogens with zero attached hydrogens (tertiary/aromatic N) is 1. The summed E-state index contributed by atoms with van der Waals surface area (Å²) in [6, 6.07) is 12.7. The molecule has 0 saturated carbocycles. The fourth-order valence-electron chi connectivity index (χ4n) is 3.10. The van der Waals surface area contributed by atoms with Crippen LogP contribution in [0.1, 0.15) is 32.3 Å². The van der Waals surface area contributed by atoms with Crippen LogP contribution in [0.3, 0.4) is 0 Å². The SMILES string of the molecule is CC(C)(Cc1ccccc1)NC(=O)CCCN(c1ccc(F)c(F)c1)S(C)(=O)=O. The first kappa shape index (κ1) is 22.8. The predicted molar refractivity (Wildman–Crippen MR) is 110 cm³/mol. The number of nitrogens with one attached hydrogen (secondary N) is 1. The van der Waals surface area contributed by atoms with Gasteiger partial charge in [-0.05, 0) is 44.4 Å². The lowest BCUT2D eigenvalue weighted by molar-refractivity contribution is -0.122. The van der Waals surface area contributed by atoms with Crippen molar-refractivity contribution in [1.29, 1.82) is 0 Å². The van der Waals surface area contributed by atoms with Crippen LogP contribution in [0.25, 0.3) is 0 Å². The predicted octanol–water partition coefficient (Wildman–Crippen LogP) is 3.65. The lowest BCUT2D eigenvalue weighted by Gasteiger charge is -2.27. The molecule has 0 aliphatic heterocycles. The Balaban J connectivity index is 1.94. The summed E-state index contributed by atoms with van der Waals surface area (Å²) >= 11 is 0. The van der Waals surface area contributed by atoms with Crippen molar-refractivity contribution in [3.63, 3.8) is 0 Å². The van der Waals surface area contributed by atoms with Crippen molar-refractivity contribution in [2.45, 2.75) is 38.6 Å². The third kappa shape index (κ3) is 7.12. The zero-order valence-electron chi connectivity index (χ0n) is 16.8. The van der Waals surface area contributed by atoms with Crippen LogP contribution in [-0.4, -0.2) is 32.7 Å². The average Bonchev–Trinajstić information content (AvgIpc) is 2.60. The van der Waals surface area contributed by atoms with Crippen LogP contribution in [-0.2, 0) is 21.2 Å². The van der Waals surface area contributed by atoms with Crippen molar-refractivity contribution in [1.82, 2.24) is 5.32 Å². The Hall–Kier alpha value is -2.48. The summed E-state index contributed by atoms with van der Waals surface area (Å²) in [5.74, 6) is -2.39. The highest BCUT2D eigenvalue weighted by atomic mass is 32.2. The van der Waals surface area contributed by atoms with Gasteiger partial charge in [0, 0.05) is 24.6 Å². The van der Waals surface area contributed by atoms with E-state index in [-0.39, 0.29) is 31.0 Å². The molecule has 2 aromatic carbocycles. The van der Waals surface area contributed by atoms with Gasteiger partial charge >= 0.3 is 0 Å². The van der Waals surface area contributed by atoms with E-state index in [9.17, 15) is 22.0 Å². The maximum absolute atomic E-state index is 13.5. The average molecular weight is 425 g/mol. The first-order valence-corrected chi connectivity index (χ1v) is 11.1. The number of halogens is 2. The Kier molecular flexibility index (Phi) is 7.35. The second kappa shape index (κ2) is 9.35. The quantitative estimate of drug-likeness (QED) is 0.668. The lowest BCUT2D eigenvalue weighted by atomic mass is 9.94. The summed E-state index contributed by atoms with van der Waals surface area (Å²) in [4.78, 5) is 12.3. The summed E-state index contributed by atoms with van der Waals surface area (Å²) in [6.45, 7) is 3.82. The highest BCUT2D eigenvalue weighted by Crippen LogP contribution is 2.21. The van der Waals surface area contributed by atoms with Gasteiger partial charge in [0.15, 0.2) is 11.6 Å². The van der Waals surface area contributed by atoms with E-state index in [4.69, 9.17) is 0 Å². The minimum absolute atomic E-state index is 0.0174. The Bertz CT molecular complexity index is 948. The third-order valence-corrected chi connectivity index (χ3v) is 5.52. The van der Waals surface area contributed by atoms with Crippen molar-refractivity contribution in [3.05, 3.63) is 65.7 Å². The molecule has 0 bridgehead atoms. The molecule has 0 atom stereocenters. The fourth-order valence-corrected chi connectivity index (χ4v) is 4.06. The maximum atomic E-state index is 13.5. The van der Waals surface area contributed by atoms with Gasteiger partial charge in [-0.25, -0.2) is 17.2 Å². The highest BCUT2D eigenvalue weighted by Gasteiger charge is 2.22. The summed E-state index contributed by atoms with van der Waals surface area (Å²) in [5, 5.41) is 2.96. The number of rotatable bonds is 9. The topological polar surface area (TPSA) is 66.5 Å². The van der Waals surface area contributed by atoms with Gasteiger partial charge in [-0.1, -0.05) is 30.3 Å². The van der Waals surface area contributed by atoms with Crippen LogP contribution in [0.4, 0.5) is 14.5 Å². The van der Waals surface area contributed by atoms with Gasteiger partial charge in [0.1, 0.15) is 0 Å². The van der Waals surface area contributed by atoms with E-state index in [2.05, 4.69) is 5.32 Å². The molecule has 0 aliphatic carbocycles. The van der Waals surface area contributed by atoms with Gasteiger partial charge in [0.05, 0.1) is 11.9 Å². The fraction of sp³-hybridized carbons (Fsp3) is 0.381. The molecule has 0 fully saturated rings. The number of carbonyl (C=O) groups is 1. The van der Waals surface area contributed by atoms with E-state index >= 15 is 0 Å². The van der Waals surface area contributed by atoms with E-state index in [0.717, 1.165) is 28.3 Å². The van der Waals surface area contributed by atoms with Crippen LogP contribution < -0.4 is 9.62 Å². The molecular formula is C21H26F2N2O3S. The molecule has 0 heterocycles. The summed E-state index contributed by atoms with van der Waals surface area (Å²) in [5.41, 5.74) is 0.658. The molecule has 0 radical (unpaired) electrons. The van der Waals surface area contributed by atoms with Gasteiger partial charge in [0.25, 0.3) is 0 Å². The van der Waals surface area contributed by atoms with Crippen LogP contribution >= 0.6 is 0 Å². The zero-order valence-corrected chi connectivity index (χ0v) is 17.6. The molecule has 1 N–H and O–H groups in total. The van der Waals surface area contributed by atoms with E-state index < -0.39 is 27.2 Å². The van der Waals surface area contributed by atoms with Crippen molar-refractivity contribution >= 4 is 21.6 Å². The first-order valence-electron chi connectivity index (χ1n) is 9.26. The molecule has 0 unspecified atom stereocenters. The molecule has 0 aromatic heterocycles. The molecule has 0 saturated heterocycles. The number of hydrogen-bond donors (Lipinski definition) is 1. The molecule has 29 heavy (non-hydrogen) atoms. The number of sulfonamides is 1. The molecule has 0 spiro atoms. The second-order valence-corrected chi connectivity index (χ2v) is 9.54. The largest absolute Gasteiger partial charge is 0.351 e. The number of anilines is 1. The van der Waals surface area contributed by atoms with Gasteiger partial charge in [-0.15, -0.1) is 0 Å². The van der Waals surface area contributed by atoms with Crippen molar-refractivity contribution in [3.8, 4) is 0 Å². The van der Waals surface area contributed by atoms with Gasteiger partial charge in [-0.2, -0.15) is 0 Å². The Morgan fingerprint density at radius 3 is 2.31 bits per heavy atom. The van der Waals surface area contributed by atoms with Crippen molar-refractivity contribution < 1.29 is 22.0 Å². The Morgan fingerprint density at radius 2 is 1.72 bits per heavy atom. The molecule has 1 amide bonds. The highest BCUT2D eigenvalue weighted by molar-refractivity contribution is 7.92. The minimum Gasteiger partial charge on any atom is -0.351 e. The first-order chi connectivity index (χ1) is 13.5. The Morgan fingerprint density at radius 1 is 1.07 bits per heavy atom. The van der Waals surface area contributed by atoms with E-state index in [0.29, 0.717) is 6.42 Å². The smallest absolute Gasteiger partial charge is 0.232 e. The summed E-state index contributed by atoms with van der Waals surface area (Å²) < 4.78 is 51.7. The maximum Gasteiger partial charge on any atom is 0.232 e. The second-order valence-electron chi connectivity index (χ2n) is 7.63. The van der Waals surface area contributed by atoms with Crippen molar-refractivity contribution in [2.75, 3.05) is 17.1 Å². The molecule has 8 heteroatoms. The minimum atomic E-state index is -3.71. The standard InChI is InChI=1S/C21H26F2N2O3S/c1-21(2,15-16-8-5-4-6-9-16)24-20(26)10-7-13-25(29(3,27)28)17-11-12-18(22)19(23)14-17/h4-6,8-9,11-12,14H,7,10,13,15H2,1-3H3,(H,24,26). The molecule has 158 valence electrons. The monoisotopic (exact) mass is 424 g/mol. The number of carbonyl (C=O) groups excluding carboxylic acids is 1. The van der Waals surface area contributed by atoms with Gasteiger partial charge < -0.3 is 5.32 Å².